The Morgan fingerprint density at radius 1 is 0.929 bits per heavy atom. The molecular formula is C12H25FO. The molecule has 14 heavy (non-hydrogen) atoms. The Bertz CT molecular complexity index is 106. The van der Waals surface area contributed by atoms with Gasteiger partial charge < -0.3 is 5.11 Å². The lowest BCUT2D eigenvalue weighted by atomic mass is 10.1. The molecule has 0 saturated carbocycles. The molecule has 1 nitrogen and oxygen atoms in total. The van der Waals surface area contributed by atoms with Crippen LogP contribution < -0.4 is 0 Å². The van der Waals surface area contributed by atoms with Gasteiger partial charge in [0.25, 0.3) is 0 Å². The lowest BCUT2D eigenvalue weighted by Gasteiger charge is -2.05. The van der Waals surface area contributed by atoms with Gasteiger partial charge in [0, 0.05) is 0 Å². The number of hydrogen-bond donors (Lipinski definition) is 1. The molecule has 0 radical (unpaired) electrons. The van der Waals surface area contributed by atoms with Crippen LogP contribution in [0.15, 0.2) is 0 Å². The molecule has 0 spiro atoms. The number of halogens is 1. The quantitative estimate of drug-likeness (QED) is 0.536. The second-order valence-corrected chi connectivity index (χ2v) is 4.07. The monoisotopic (exact) mass is 204 g/mol. The van der Waals surface area contributed by atoms with Crippen LogP contribution in [0, 0.1) is 0 Å². The molecule has 0 aromatic heterocycles. The van der Waals surface area contributed by atoms with E-state index in [4.69, 9.17) is 5.11 Å². The van der Waals surface area contributed by atoms with Gasteiger partial charge in [-0.25, -0.2) is 4.39 Å². The van der Waals surface area contributed by atoms with Crippen LogP contribution in [0.2, 0.25) is 0 Å². The molecule has 0 heterocycles. The first-order valence-electron chi connectivity index (χ1n) is 6.05. The van der Waals surface area contributed by atoms with Crippen LogP contribution in [0.5, 0.6) is 0 Å². The van der Waals surface area contributed by atoms with Crippen LogP contribution in [0.1, 0.15) is 64.7 Å². The highest BCUT2D eigenvalue weighted by atomic mass is 19.1. The van der Waals surface area contributed by atoms with Gasteiger partial charge in [-0.3, -0.25) is 0 Å². The Morgan fingerprint density at radius 3 is 1.93 bits per heavy atom. The van der Waals surface area contributed by atoms with Crippen molar-refractivity contribution in [2.24, 2.45) is 0 Å². The van der Waals surface area contributed by atoms with E-state index in [1.54, 1.807) is 0 Å². The Morgan fingerprint density at radius 2 is 1.43 bits per heavy atom. The van der Waals surface area contributed by atoms with Crippen molar-refractivity contribution in [3.63, 3.8) is 0 Å². The van der Waals surface area contributed by atoms with Gasteiger partial charge >= 0.3 is 0 Å². The Labute approximate surface area is 87.7 Å². The largest absolute Gasteiger partial charge is 0.390 e. The first-order chi connectivity index (χ1) is 6.81. The van der Waals surface area contributed by atoms with Gasteiger partial charge in [-0.05, 0) is 6.42 Å². The summed E-state index contributed by atoms with van der Waals surface area (Å²) < 4.78 is 11.9. The average molecular weight is 204 g/mol. The van der Waals surface area contributed by atoms with Crippen molar-refractivity contribution < 1.29 is 9.50 Å². The van der Waals surface area contributed by atoms with Crippen molar-refractivity contribution in [2.45, 2.75) is 70.8 Å². The van der Waals surface area contributed by atoms with Gasteiger partial charge in [0.1, 0.15) is 6.67 Å². The third-order valence-electron chi connectivity index (χ3n) is 2.57. The van der Waals surface area contributed by atoms with Crippen molar-refractivity contribution in [2.75, 3.05) is 6.67 Å². The highest BCUT2D eigenvalue weighted by Gasteiger charge is 2.01. The van der Waals surface area contributed by atoms with Gasteiger partial charge in [0.15, 0.2) is 0 Å². The maximum atomic E-state index is 11.9. The molecule has 0 aromatic carbocycles. The molecular weight excluding hydrogens is 179 g/mol. The molecule has 1 N–H and O–H groups in total. The Balaban J connectivity index is 2.92. The number of aliphatic hydroxyl groups is 1. The minimum atomic E-state index is -0.713. The summed E-state index contributed by atoms with van der Waals surface area (Å²) in [6.07, 6.45) is 9.89. The summed E-state index contributed by atoms with van der Waals surface area (Å²) in [6, 6.07) is 0. The number of hydrogen-bond acceptors (Lipinski definition) is 1. The van der Waals surface area contributed by atoms with Crippen molar-refractivity contribution in [3.05, 3.63) is 0 Å². The zero-order valence-corrected chi connectivity index (χ0v) is 9.47. The van der Waals surface area contributed by atoms with Crippen LogP contribution in [-0.4, -0.2) is 17.9 Å². The smallest absolute Gasteiger partial charge is 0.115 e. The normalized spacial score (nSPS) is 13.1. The van der Waals surface area contributed by atoms with E-state index in [2.05, 4.69) is 6.92 Å². The zero-order valence-electron chi connectivity index (χ0n) is 9.47. The summed E-state index contributed by atoms with van der Waals surface area (Å²) in [4.78, 5) is 0. The van der Waals surface area contributed by atoms with Crippen LogP contribution in [0.25, 0.3) is 0 Å². The van der Waals surface area contributed by atoms with Crippen LogP contribution in [-0.2, 0) is 0 Å². The fourth-order valence-electron chi connectivity index (χ4n) is 1.59. The summed E-state index contributed by atoms with van der Waals surface area (Å²) in [5, 5.41) is 8.96. The first kappa shape index (κ1) is 13.9. The van der Waals surface area contributed by atoms with E-state index >= 15 is 0 Å². The number of alkyl halides is 1. The third kappa shape index (κ3) is 9.97. The van der Waals surface area contributed by atoms with Gasteiger partial charge in [-0.1, -0.05) is 58.3 Å². The molecule has 0 aliphatic heterocycles. The maximum absolute atomic E-state index is 11.9. The number of rotatable bonds is 10. The fraction of sp³-hybridized carbons (Fsp3) is 1.00. The lowest BCUT2D eigenvalue weighted by Crippen LogP contribution is -2.07. The molecule has 0 amide bonds. The van der Waals surface area contributed by atoms with Crippen molar-refractivity contribution >= 4 is 0 Å². The molecule has 86 valence electrons. The summed E-state index contributed by atoms with van der Waals surface area (Å²) in [5.41, 5.74) is 0. The third-order valence-corrected chi connectivity index (χ3v) is 2.57. The first-order valence-corrected chi connectivity index (χ1v) is 6.05. The maximum Gasteiger partial charge on any atom is 0.115 e. The van der Waals surface area contributed by atoms with E-state index in [1.807, 2.05) is 0 Å². The van der Waals surface area contributed by atoms with Crippen LogP contribution in [0.4, 0.5) is 4.39 Å². The SMILES string of the molecule is CCCCCCCCCCC(O)CF. The van der Waals surface area contributed by atoms with Gasteiger partial charge in [-0.15, -0.1) is 0 Å². The Kier molecular flexibility index (Phi) is 10.9. The van der Waals surface area contributed by atoms with Crippen molar-refractivity contribution in [1.29, 1.82) is 0 Å². The van der Waals surface area contributed by atoms with Gasteiger partial charge in [-0.2, -0.15) is 0 Å². The van der Waals surface area contributed by atoms with E-state index in [9.17, 15) is 4.39 Å². The van der Waals surface area contributed by atoms with Crippen molar-refractivity contribution in [3.8, 4) is 0 Å². The lowest BCUT2D eigenvalue weighted by molar-refractivity contribution is 0.128. The molecule has 1 atom stereocenters. The molecule has 0 bridgehead atoms. The predicted molar refractivity (Wildman–Crippen MR) is 59.2 cm³/mol. The molecule has 0 aliphatic rings. The number of aliphatic hydroxyl groups excluding tert-OH is 1. The van der Waals surface area contributed by atoms with E-state index < -0.39 is 12.8 Å². The molecule has 0 rings (SSSR count). The molecule has 2 heteroatoms. The standard InChI is InChI=1S/C12H25FO/c1-2-3-4-5-6-7-8-9-10-12(14)11-13/h12,14H,2-11H2,1H3. The molecule has 0 saturated heterocycles. The van der Waals surface area contributed by atoms with Crippen molar-refractivity contribution in [1.82, 2.24) is 0 Å². The van der Waals surface area contributed by atoms with Gasteiger partial charge in [0.05, 0.1) is 6.10 Å². The minimum Gasteiger partial charge on any atom is -0.390 e. The molecule has 0 aliphatic carbocycles. The highest BCUT2D eigenvalue weighted by Crippen LogP contribution is 2.10. The van der Waals surface area contributed by atoms with E-state index in [1.165, 1.54) is 38.5 Å². The predicted octanol–water partition coefficient (Wildman–Crippen LogP) is 3.85. The van der Waals surface area contributed by atoms with E-state index in [0.29, 0.717) is 6.42 Å². The fourth-order valence-corrected chi connectivity index (χ4v) is 1.59. The number of unbranched alkanes of at least 4 members (excludes halogenated alkanes) is 7. The van der Waals surface area contributed by atoms with Gasteiger partial charge in [0.2, 0.25) is 0 Å². The summed E-state index contributed by atoms with van der Waals surface area (Å²) in [6.45, 7) is 1.63. The molecule has 0 fully saturated rings. The molecule has 1 unspecified atom stereocenters. The highest BCUT2D eigenvalue weighted by molar-refractivity contribution is 4.53. The second kappa shape index (κ2) is 11.0. The van der Waals surface area contributed by atoms with E-state index in [-0.39, 0.29) is 0 Å². The average Bonchev–Trinajstić information content (AvgIpc) is 2.21. The summed E-state index contributed by atoms with van der Waals surface area (Å²) >= 11 is 0. The van der Waals surface area contributed by atoms with Crippen LogP contribution in [0.3, 0.4) is 0 Å². The topological polar surface area (TPSA) is 20.2 Å². The summed E-state index contributed by atoms with van der Waals surface area (Å²) in [7, 11) is 0. The Hall–Kier alpha value is -0.110. The minimum absolute atomic E-state index is 0.587. The zero-order chi connectivity index (χ0) is 10.6. The second-order valence-electron chi connectivity index (χ2n) is 4.07. The van der Waals surface area contributed by atoms with Crippen LogP contribution >= 0.6 is 0 Å². The van der Waals surface area contributed by atoms with E-state index in [0.717, 1.165) is 12.8 Å². The molecule has 0 aromatic rings. The summed E-state index contributed by atoms with van der Waals surface area (Å²) in [5.74, 6) is 0.